The molecule has 1 amide bonds. The van der Waals surface area contributed by atoms with Crippen LogP contribution in [0, 0.1) is 0 Å². The Labute approximate surface area is 225 Å². The van der Waals surface area contributed by atoms with Gasteiger partial charge >= 0.3 is 0 Å². The first-order valence-electron chi connectivity index (χ1n) is 11.8. The molecule has 0 spiro atoms. The quantitative estimate of drug-likeness (QED) is 0.316. The molecule has 0 aliphatic carbocycles. The monoisotopic (exact) mass is 533 g/mol. The van der Waals surface area contributed by atoms with Gasteiger partial charge in [0.2, 0.25) is 5.96 Å². The number of carbonyl (C=O) groups excluding carboxylic acids is 1. The summed E-state index contributed by atoms with van der Waals surface area (Å²) in [5.74, 6) is 0.465. The van der Waals surface area contributed by atoms with Gasteiger partial charge < -0.3 is 9.80 Å². The zero-order chi connectivity index (χ0) is 26.2. The maximum absolute atomic E-state index is 13.5. The molecule has 1 aliphatic rings. The smallest absolute Gasteiger partial charge is 0.253 e. The van der Waals surface area contributed by atoms with Crippen molar-refractivity contribution >= 4 is 46.9 Å². The molecule has 3 aromatic rings. The van der Waals surface area contributed by atoms with Crippen LogP contribution >= 0.6 is 11.6 Å². The second kappa shape index (κ2) is 12.5. The average molecular weight is 534 g/mol. The van der Waals surface area contributed by atoms with Gasteiger partial charge in [-0.2, -0.15) is 0 Å². The minimum Gasteiger partial charge on any atom is -0.337 e. The molecule has 1 saturated heterocycles. The highest BCUT2D eigenvalue weighted by Gasteiger charge is 2.24. The van der Waals surface area contributed by atoms with Crippen molar-refractivity contribution in [3.05, 3.63) is 108 Å². The number of hydrogen-bond acceptors (Lipinski definition) is 3. The molecule has 3 aromatic carbocycles. The summed E-state index contributed by atoms with van der Waals surface area (Å²) in [6, 6.07) is 24.1. The van der Waals surface area contributed by atoms with Gasteiger partial charge in [-0.3, -0.25) is 9.10 Å². The lowest BCUT2D eigenvalue weighted by molar-refractivity contribution is 0.0691. The second-order valence-corrected chi connectivity index (χ2v) is 10.2. The van der Waals surface area contributed by atoms with Gasteiger partial charge in [0.25, 0.3) is 5.91 Å². The molecule has 37 heavy (non-hydrogen) atoms. The van der Waals surface area contributed by atoms with E-state index >= 15 is 0 Å². The van der Waals surface area contributed by atoms with E-state index in [4.69, 9.17) is 11.6 Å². The SMILES string of the molecule is C=CN=C(N=C)N1CCN(C(=O)c2ccc(N(Cc3ccc(Cl)cc3)S(=O)c3ccccc3)cc2)CC1. The van der Waals surface area contributed by atoms with E-state index in [2.05, 4.69) is 23.3 Å². The van der Waals surface area contributed by atoms with Crippen LogP contribution in [-0.4, -0.2) is 58.8 Å². The lowest BCUT2D eigenvalue weighted by atomic mass is 10.1. The van der Waals surface area contributed by atoms with Crippen molar-refractivity contribution < 1.29 is 9.00 Å². The van der Waals surface area contributed by atoms with E-state index in [1.807, 2.05) is 80.8 Å². The first-order chi connectivity index (χ1) is 18.0. The Kier molecular flexibility index (Phi) is 8.87. The van der Waals surface area contributed by atoms with Gasteiger partial charge in [-0.15, -0.1) is 0 Å². The summed E-state index contributed by atoms with van der Waals surface area (Å²) < 4.78 is 15.4. The first-order valence-corrected chi connectivity index (χ1v) is 13.3. The third-order valence-electron chi connectivity index (χ3n) is 5.98. The summed E-state index contributed by atoms with van der Waals surface area (Å²) in [7, 11) is -1.44. The number of benzene rings is 3. The van der Waals surface area contributed by atoms with Crippen molar-refractivity contribution in [3.8, 4) is 0 Å². The molecule has 1 heterocycles. The Morgan fingerprint density at radius 3 is 2.16 bits per heavy atom. The van der Waals surface area contributed by atoms with Crippen LogP contribution < -0.4 is 4.31 Å². The third-order valence-corrected chi connectivity index (χ3v) is 7.65. The summed E-state index contributed by atoms with van der Waals surface area (Å²) >= 11 is 6.05. The standard InChI is InChI=1S/C28H28ClN5O2S/c1-3-31-28(30-2)33-19-17-32(18-20-33)27(35)23-11-15-25(16-12-23)34(21-22-9-13-24(29)14-10-22)37(36)26-7-5-4-6-8-26/h3-16H,1-2,17-21H2. The molecule has 1 unspecified atom stereocenters. The number of anilines is 1. The molecule has 1 fully saturated rings. The number of aliphatic imine (C=N–C) groups is 2. The van der Waals surface area contributed by atoms with Crippen LogP contribution in [-0.2, 0) is 17.5 Å². The Hall–Kier alpha value is -3.75. The summed E-state index contributed by atoms with van der Waals surface area (Å²) in [6.07, 6.45) is 1.43. The summed E-state index contributed by atoms with van der Waals surface area (Å²) in [6.45, 7) is 9.90. The van der Waals surface area contributed by atoms with Gasteiger partial charge in [-0.25, -0.2) is 14.2 Å². The van der Waals surface area contributed by atoms with Gasteiger partial charge in [0.15, 0.2) is 11.0 Å². The number of piperazine rings is 1. The number of rotatable bonds is 7. The van der Waals surface area contributed by atoms with Crippen molar-refractivity contribution in [2.75, 3.05) is 30.5 Å². The maximum atomic E-state index is 13.5. The van der Waals surface area contributed by atoms with Crippen LogP contribution in [0.25, 0.3) is 0 Å². The molecule has 0 aromatic heterocycles. The molecule has 7 nitrogen and oxygen atoms in total. The Balaban J connectivity index is 1.50. The molecule has 9 heteroatoms. The van der Waals surface area contributed by atoms with Crippen molar-refractivity contribution in [2.45, 2.75) is 11.4 Å². The van der Waals surface area contributed by atoms with E-state index in [-0.39, 0.29) is 5.91 Å². The number of hydrogen-bond donors (Lipinski definition) is 0. The maximum Gasteiger partial charge on any atom is 0.253 e. The Bertz CT molecular complexity index is 1290. The average Bonchev–Trinajstić information content (AvgIpc) is 2.95. The number of halogens is 1. The van der Waals surface area contributed by atoms with Crippen LogP contribution in [0.1, 0.15) is 15.9 Å². The van der Waals surface area contributed by atoms with Crippen molar-refractivity contribution in [2.24, 2.45) is 9.98 Å². The molecular weight excluding hydrogens is 506 g/mol. The molecule has 1 atom stereocenters. The van der Waals surface area contributed by atoms with E-state index in [0.29, 0.717) is 54.2 Å². The molecule has 0 saturated carbocycles. The number of nitrogens with zero attached hydrogens (tertiary/aromatic N) is 5. The first kappa shape index (κ1) is 26.3. The van der Waals surface area contributed by atoms with Gasteiger partial charge in [0, 0.05) is 43.0 Å². The number of amides is 1. The molecule has 190 valence electrons. The van der Waals surface area contributed by atoms with Gasteiger partial charge in [-0.05, 0) is 60.8 Å². The lowest BCUT2D eigenvalue weighted by Crippen LogP contribution is -2.50. The highest BCUT2D eigenvalue weighted by molar-refractivity contribution is 7.86. The fourth-order valence-corrected chi connectivity index (χ4v) is 5.38. The summed E-state index contributed by atoms with van der Waals surface area (Å²) in [5.41, 5.74) is 2.30. The zero-order valence-corrected chi connectivity index (χ0v) is 21.9. The van der Waals surface area contributed by atoms with Crippen LogP contribution in [0.3, 0.4) is 0 Å². The van der Waals surface area contributed by atoms with Crippen LogP contribution in [0.5, 0.6) is 0 Å². The van der Waals surface area contributed by atoms with Gasteiger partial charge in [0.05, 0.1) is 17.1 Å². The number of guanidine groups is 1. The third kappa shape index (κ3) is 6.53. The predicted octanol–water partition coefficient (Wildman–Crippen LogP) is 5.03. The fraction of sp³-hybridized carbons (Fsp3) is 0.179. The van der Waals surface area contributed by atoms with E-state index in [1.54, 1.807) is 12.1 Å². The minimum atomic E-state index is -1.44. The lowest BCUT2D eigenvalue weighted by Gasteiger charge is -2.35. The highest BCUT2D eigenvalue weighted by atomic mass is 35.5. The predicted molar refractivity (Wildman–Crippen MR) is 152 cm³/mol. The van der Waals surface area contributed by atoms with Crippen molar-refractivity contribution in [1.82, 2.24) is 9.80 Å². The zero-order valence-electron chi connectivity index (χ0n) is 20.4. The van der Waals surface area contributed by atoms with E-state index < -0.39 is 11.0 Å². The fourth-order valence-electron chi connectivity index (χ4n) is 4.03. The second-order valence-electron chi connectivity index (χ2n) is 8.32. The normalized spacial score (nSPS) is 14.7. The van der Waals surface area contributed by atoms with E-state index in [9.17, 15) is 9.00 Å². The van der Waals surface area contributed by atoms with E-state index in [0.717, 1.165) is 11.3 Å². The Morgan fingerprint density at radius 1 is 0.946 bits per heavy atom. The van der Waals surface area contributed by atoms with Gasteiger partial charge in [-0.1, -0.05) is 48.5 Å². The summed E-state index contributed by atoms with van der Waals surface area (Å²) in [5, 5.41) is 0.646. The molecule has 0 N–H and O–H groups in total. The highest BCUT2D eigenvalue weighted by Crippen LogP contribution is 2.25. The largest absolute Gasteiger partial charge is 0.337 e. The van der Waals surface area contributed by atoms with Crippen LogP contribution in [0.2, 0.25) is 5.02 Å². The molecule has 4 rings (SSSR count). The van der Waals surface area contributed by atoms with Crippen LogP contribution in [0.15, 0.2) is 107 Å². The van der Waals surface area contributed by atoms with Crippen molar-refractivity contribution in [1.29, 1.82) is 0 Å². The van der Waals surface area contributed by atoms with Gasteiger partial charge in [0.1, 0.15) is 0 Å². The summed E-state index contributed by atoms with van der Waals surface area (Å²) in [4.78, 5) is 25.7. The molecule has 0 radical (unpaired) electrons. The van der Waals surface area contributed by atoms with Crippen molar-refractivity contribution in [3.63, 3.8) is 0 Å². The minimum absolute atomic E-state index is 0.0478. The van der Waals surface area contributed by atoms with Crippen LogP contribution in [0.4, 0.5) is 5.69 Å². The molecule has 1 aliphatic heterocycles. The van der Waals surface area contributed by atoms with E-state index in [1.165, 1.54) is 6.20 Å². The topological polar surface area (TPSA) is 68.6 Å². The number of carbonyl (C=O) groups is 1. The Morgan fingerprint density at radius 2 is 1.57 bits per heavy atom. The molecular formula is C28H28ClN5O2S. The molecule has 0 bridgehead atoms.